The van der Waals surface area contributed by atoms with Crippen molar-refractivity contribution < 1.29 is 17.2 Å². The molecule has 0 aliphatic rings. The molecule has 1 aromatic carbocycles. The number of nitrogens with one attached hydrogen (secondary N) is 1. The highest BCUT2D eigenvalue weighted by atomic mass is 32.2. The van der Waals surface area contributed by atoms with Gasteiger partial charge in [0.1, 0.15) is 11.6 Å². The molecule has 0 radical (unpaired) electrons. The maximum absolute atomic E-state index is 13.4. The highest BCUT2D eigenvalue weighted by molar-refractivity contribution is 7.92. The lowest BCUT2D eigenvalue weighted by Gasteiger charge is -2.09. The number of benzene rings is 1. The van der Waals surface area contributed by atoms with Gasteiger partial charge in [-0.1, -0.05) is 0 Å². The third-order valence-corrected chi connectivity index (χ3v) is 3.57. The normalized spacial score (nSPS) is 11.3. The van der Waals surface area contributed by atoms with Crippen LogP contribution in [0.1, 0.15) is 0 Å². The summed E-state index contributed by atoms with van der Waals surface area (Å²) in [5, 5.41) is -0.418. The van der Waals surface area contributed by atoms with Crippen molar-refractivity contribution in [2.45, 2.75) is 5.03 Å². The molecule has 3 N–H and O–H groups in total. The van der Waals surface area contributed by atoms with Crippen LogP contribution in [-0.2, 0) is 10.0 Å². The molecule has 5 nitrogen and oxygen atoms in total. The van der Waals surface area contributed by atoms with Crippen LogP contribution in [-0.4, -0.2) is 13.4 Å². The molecule has 0 atom stereocenters. The van der Waals surface area contributed by atoms with Gasteiger partial charge in [-0.15, -0.1) is 0 Å². The minimum atomic E-state index is -4.13. The Morgan fingerprint density at radius 2 is 1.95 bits per heavy atom. The number of aromatic nitrogens is 1. The van der Waals surface area contributed by atoms with Crippen LogP contribution in [0.15, 0.2) is 41.6 Å². The first kappa shape index (κ1) is 13.2. The first-order chi connectivity index (χ1) is 8.90. The van der Waals surface area contributed by atoms with Crippen LogP contribution in [0.25, 0.3) is 0 Å². The van der Waals surface area contributed by atoms with E-state index in [2.05, 4.69) is 4.98 Å². The van der Waals surface area contributed by atoms with Gasteiger partial charge in [-0.2, -0.15) is 8.42 Å². The summed E-state index contributed by atoms with van der Waals surface area (Å²) in [6.07, 6.45) is 1.24. The maximum atomic E-state index is 13.4. The zero-order chi connectivity index (χ0) is 14.0. The van der Waals surface area contributed by atoms with Crippen molar-refractivity contribution in [2.24, 2.45) is 0 Å². The van der Waals surface area contributed by atoms with Crippen LogP contribution < -0.4 is 10.5 Å². The summed E-state index contributed by atoms with van der Waals surface area (Å²) in [6, 6.07) is 5.29. The summed E-state index contributed by atoms with van der Waals surface area (Å²) >= 11 is 0. The van der Waals surface area contributed by atoms with Crippen LogP contribution >= 0.6 is 0 Å². The van der Waals surface area contributed by atoms with Crippen molar-refractivity contribution in [1.82, 2.24) is 4.98 Å². The third kappa shape index (κ3) is 2.79. The molecular weight excluding hydrogens is 276 g/mol. The van der Waals surface area contributed by atoms with Crippen LogP contribution in [0.2, 0.25) is 0 Å². The van der Waals surface area contributed by atoms with Crippen molar-refractivity contribution in [1.29, 1.82) is 0 Å². The Kier molecular flexibility index (Phi) is 3.34. The Bertz CT molecular complexity index is 720. The average Bonchev–Trinajstić information content (AvgIpc) is 2.33. The maximum Gasteiger partial charge on any atom is 0.281 e. The predicted octanol–water partition coefficient (Wildman–Crippen LogP) is 1.74. The minimum Gasteiger partial charge on any atom is -0.396 e. The number of anilines is 2. The smallest absolute Gasteiger partial charge is 0.281 e. The zero-order valence-electron chi connectivity index (χ0n) is 9.47. The molecule has 100 valence electrons. The highest BCUT2D eigenvalue weighted by Crippen LogP contribution is 2.21. The van der Waals surface area contributed by atoms with E-state index in [9.17, 15) is 17.2 Å². The molecule has 0 fully saturated rings. The Morgan fingerprint density at radius 1 is 1.21 bits per heavy atom. The number of hydrogen-bond donors (Lipinski definition) is 2. The zero-order valence-corrected chi connectivity index (χ0v) is 10.3. The van der Waals surface area contributed by atoms with E-state index in [1.165, 1.54) is 18.3 Å². The van der Waals surface area contributed by atoms with Gasteiger partial charge in [-0.05, 0) is 24.3 Å². The topological polar surface area (TPSA) is 85.1 Å². The van der Waals surface area contributed by atoms with Crippen molar-refractivity contribution in [3.8, 4) is 0 Å². The standard InChI is InChI=1S/C11H9F2N3O2S/c12-7-3-4-10(8(13)6-7)16-19(17,18)11-9(14)2-1-5-15-11/h1-6,16H,14H2. The number of rotatable bonds is 3. The fourth-order valence-corrected chi connectivity index (χ4v) is 2.52. The summed E-state index contributed by atoms with van der Waals surface area (Å²) in [7, 11) is -4.13. The number of nitrogens with two attached hydrogens (primary N) is 1. The molecule has 0 aliphatic heterocycles. The predicted molar refractivity (Wildman–Crippen MR) is 65.8 cm³/mol. The van der Waals surface area contributed by atoms with Gasteiger partial charge < -0.3 is 5.73 Å². The van der Waals surface area contributed by atoms with Crippen molar-refractivity contribution in [2.75, 3.05) is 10.5 Å². The van der Waals surface area contributed by atoms with E-state index in [0.717, 1.165) is 12.1 Å². The van der Waals surface area contributed by atoms with Crippen molar-refractivity contribution >= 4 is 21.4 Å². The Balaban J connectivity index is 2.40. The van der Waals surface area contributed by atoms with E-state index >= 15 is 0 Å². The molecular formula is C11H9F2N3O2S. The largest absolute Gasteiger partial charge is 0.396 e. The van der Waals surface area contributed by atoms with Crippen LogP contribution in [0.5, 0.6) is 0 Å². The molecule has 0 aliphatic carbocycles. The lowest BCUT2D eigenvalue weighted by Crippen LogP contribution is -2.17. The fourth-order valence-electron chi connectivity index (χ4n) is 1.39. The summed E-state index contributed by atoms with van der Waals surface area (Å²) in [6.45, 7) is 0. The number of halogens is 2. The van der Waals surface area contributed by atoms with E-state index in [1.54, 1.807) is 0 Å². The van der Waals surface area contributed by atoms with E-state index in [4.69, 9.17) is 5.73 Å². The molecule has 1 heterocycles. The molecule has 0 bridgehead atoms. The van der Waals surface area contributed by atoms with Crippen LogP contribution in [0.4, 0.5) is 20.2 Å². The van der Waals surface area contributed by atoms with E-state index in [0.29, 0.717) is 6.07 Å². The Hall–Kier alpha value is -2.22. The van der Waals surface area contributed by atoms with Crippen LogP contribution in [0, 0.1) is 11.6 Å². The van der Waals surface area contributed by atoms with E-state index in [1.807, 2.05) is 4.72 Å². The van der Waals surface area contributed by atoms with E-state index in [-0.39, 0.29) is 11.4 Å². The summed E-state index contributed by atoms with van der Waals surface area (Å²) < 4.78 is 51.9. The summed E-state index contributed by atoms with van der Waals surface area (Å²) in [5.74, 6) is -1.84. The Labute approximate surface area is 108 Å². The molecule has 0 amide bonds. The molecule has 0 spiro atoms. The lowest BCUT2D eigenvalue weighted by molar-refractivity contribution is 0.582. The van der Waals surface area contributed by atoms with Gasteiger partial charge in [-0.25, -0.2) is 13.8 Å². The van der Waals surface area contributed by atoms with Gasteiger partial charge in [0.05, 0.1) is 11.4 Å². The summed E-state index contributed by atoms with van der Waals surface area (Å²) in [4.78, 5) is 3.62. The first-order valence-electron chi connectivity index (χ1n) is 5.08. The molecule has 2 aromatic rings. The van der Waals surface area contributed by atoms with Gasteiger partial charge in [0, 0.05) is 12.3 Å². The van der Waals surface area contributed by atoms with Crippen molar-refractivity contribution in [3.05, 3.63) is 48.2 Å². The van der Waals surface area contributed by atoms with Gasteiger partial charge in [-0.3, -0.25) is 4.72 Å². The number of sulfonamides is 1. The van der Waals surface area contributed by atoms with Crippen molar-refractivity contribution in [3.63, 3.8) is 0 Å². The molecule has 2 rings (SSSR count). The molecule has 0 unspecified atom stereocenters. The Morgan fingerprint density at radius 3 is 2.58 bits per heavy atom. The van der Waals surface area contributed by atoms with Gasteiger partial charge in [0.2, 0.25) is 0 Å². The second kappa shape index (κ2) is 4.81. The second-order valence-electron chi connectivity index (χ2n) is 3.63. The highest BCUT2D eigenvalue weighted by Gasteiger charge is 2.20. The molecule has 0 saturated heterocycles. The number of nitrogen functional groups attached to an aromatic ring is 1. The number of nitrogens with zero attached hydrogens (tertiary/aromatic N) is 1. The average molecular weight is 285 g/mol. The fraction of sp³-hybridized carbons (Fsp3) is 0. The molecule has 0 saturated carbocycles. The van der Waals surface area contributed by atoms with Gasteiger partial charge in [0.15, 0.2) is 5.03 Å². The SMILES string of the molecule is Nc1cccnc1S(=O)(=O)Nc1ccc(F)cc1F. The van der Waals surface area contributed by atoms with Gasteiger partial charge >= 0.3 is 0 Å². The van der Waals surface area contributed by atoms with Crippen LogP contribution in [0.3, 0.4) is 0 Å². The quantitative estimate of drug-likeness (QED) is 0.899. The molecule has 8 heteroatoms. The van der Waals surface area contributed by atoms with Gasteiger partial charge in [0.25, 0.3) is 10.0 Å². The molecule has 1 aromatic heterocycles. The summed E-state index contributed by atoms with van der Waals surface area (Å²) in [5.41, 5.74) is 5.03. The third-order valence-electron chi connectivity index (χ3n) is 2.23. The van der Waals surface area contributed by atoms with E-state index < -0.39 is 26.7 Å². The lowest BCUT2D eigenvalue weighted by atomic mass is 10.3. The monoisotopic (exact) mass is 285 g/mol. The number of pyridine rings is 1. The molecule has 19 heavy (non-hydrogen) atoms. The second-order valence-corrected chi connectivity index (χ2v) is 5.23. The first-order valence-corrected chi connectivity index (χ1v) is 6.57. The number of hydrogen-bond acceptors (Lipinski definition) is 4. The minimum absolute atomic E-state index is 0.0717.